The van der Waals surface area contributed by atoms with Crippen molar-refractivity contribution in [3.05, 3.63) is 42.2 Å². The number of imidazole rings is 1. The number of benzene rings is 1. The molecule has 4 rings (SSSR count). The SMILES string of the molecule is CNc1nc2[nH]c(-c3cccc(CC(COC)N(C)C(=O)O)c3)cc2c2c1ncn2C. The summed E-state index contributed by atoms with van der Waals surface area (Å²) in [5.41, 5.74) is 5.60. The molecule has 9 heteroatoms. The van der Waals surface area contributed by atoms with E-state index < -0.39 is 6.09 Å². The second kappa shape index (κ2) is 8.27. The lowest BCUT2D eigenvalue weighted by Gasteiger charge is -2.25. The fourth-order valence-corrected chi connectivity index (χ4v) is 3.92. The molecule has 162 valence electrons. The van der Waals surface area contributed by atoms with Crippen LogP contribution in [0.15, 0.2) is 36.7 Å². The first kappa shape index (κ1) is 20.7. The summed E-state index contributed by atoms with van der Waals surface area (Å²) in [6, 6.07) is 9.89. The van der Waals surface area contributed by atoms with Crippen LogP contribution in [-0.4, -0.2) is 69.5 Å². The Morgan fingerprint density at radius 2 is 2.19 bits per heavy atom. The van der Waals surface area contributed by atoms with E-state index in [2.05, 4.69) is 32.4 Å². The second-order valence-corrected chi connectivity index (χ2v) is 7.62. The van der Waals surface area contributed by atoms with E-state index in [9.17, 15) is 9.90 Å². The molecule has 3 N–H and O–H groups in total. The number of hydrogen-bond donors (Lipinski definition) is 3. The Balaban J connectivity index is 1.73. The van der Waals surface area contributed by atoms with Crippen LogP contribution in [0.25, 0.3) is 33.3 Å². The van der Waals surface area contributed by atoms with Gasteiger partial charge >= 0.3 is 6.09 Å². The summed E-state index contributed by atoms with van der Waals surface area (Å²) in [6.45, 7) is 0.328. The average Bonchev–Trinajstić information content (AvgIpc) is 3.36. The van der Waals surface area contributed by atoms with Crippen molar-refractivity contribution >= 4 is 34.0 Å². The van der Waals surface area contributed by atoms with Crippen molar-refractivity contribution < 1.29 is 14.6 Å². The molecule has 0 saturated heterocycles. The molecule has 3 aromatic heterocycles. The molecule has 0 bridgehead atoms. The minimum absolute atomic E-state index is 0.269. The van der Waals surface area contributed by atoms with Gasteiger partial charge < -0.3 is 29.6 Å². The van der Waals surface area contributed by atoms with E-state index in [0.717, 1.165) is 44.7 Å². The topological polar surface area (TPSA) is 108 Å². The van der Waals surface area contributed by atoms with Gasteiger partial charge in [-0.2, -0.15) is 0 Å². The Morgan fingerprint density at radius 3 is 2.90 bits per heavy atom. The number of aryl methyl sites for hydroxylation is 1. The number of anilines is 1. The molecule has 0 saturated carbocycles. The lowest BCUT2D eigenvalue weighted by Crippen LogP contribution is -2.40. The maximum Gasteiger partial charge on any atom is 0.407 e. The van der Waals surface area contributed by atoms with Crippen molar-refractivity contribution in [3.63, 3.8) is 0 Å². The van der Waals surface area contributed by atoms with Crippen molar-refractivity contribution in [2.45, 2.75) is 12.5 Å². The maximum absolute atomic E-state index is 11.4. The molecule has 0 aliphatic heterocycles. The van der Waals surface area contributed by atoms with Gasteiger partial charge in [0.15, 0.2) is 5.82 Å². The number of aromatic nitrogens is 4. The number of aromatic amines is 1. The Bertz CT molecular complexity index is 1240. The molecule has 0 radical (unpaired) electrons. The number of fused-ring (bicyclic) bond motifs is 3. The van der Waals surface area contributed by atoms with E-state index in [-0.39, 0.29) is 6.04 Å². The van der Waals surface area contributed by atoms with E-state index in [1.807, 2.05) is 36.9 Å². The summed E-state index contributed by atoms with van der Waals surface area (Å²) in [7, 11) is 6.95. The van der Waals surface area contributed by atoms with Crippen LogP contribution in [-0.2, 0) is 18.2 Å². The van der Waals surface area contributed by atoms with Crippen molar-refractivity contribution in [2.24, 2.45) is 7.05 Å². The van der Waals surface area contributed by atoms with Crippen molar-refractivity contribution in [1.29, 1.82) is 0 Å². The van der Waals surface area contributed by atoms with E-state index in [1.165, 1.54) is 4.90 Å². The standard InChI is InChI=1S/C22H26N6O3/c1-23-21-18-19(27(2)12-24-18)16-10-17(25-20(16)26-21)14-7-5-6-13(8-14)9-15(11-31-4)28(3)22(29)30/h5-8,10,12,15H,9,11H2,1-4H3,(H,29,30)(H2,23,25,26). The van der Waals surface area contributed by atoms with E-state index >= 15 is 0 Å². The Labute approximate surface area is 179 Å². The summed E-state index contributed by atoms with van der Waals surface area (Å²) in [5.74, 6) is 0.726. The van der Waals surface area contributed by atoms with Crippen molar-refractivity contribution in [2.75, 3.05) is 33.1 Å². The predicted molar refractivity (Wildman–Crippen MR) is 121 cm³/mol. The van der Waals surface area contributed by atoms with Gasteiger partial charge in [-0.1, -0.05) is 18.2 Å². The third kappa shape index (κ3) is 3.79. The van der Waals surface area contributed by atoms with Gasteiger partial charge in [-0.15, -0.1) is 0 Å². The predicted octanol–water partition coefficient (Wildman–Crippen LogP) is 3.33. The highest BCUT2D eigenvalue weighted by Crippen LogP contribution is 2.32. The quantitative estimate of drug-likeness (QED) is 0.422. The number of rotatable bonds is 7. The molecule has 31 heavy (non-hydrogen) atoms. The molecule has 1 unspecified atom stereocenters. The highest BCUT2D eigenvalue weighted by atomic mass is 16.5. The van der Waals surface area contributed by atoms with Crippen LogP contribution in [0, 0.1) is 0 Å². The Morgan fingerprint density at radius 1 is 1.39 bits per heavy atom. The van der Waals surface area contributed by atoms with Gasteiger partial charge in [-0.05, 0) is 29.7 Å². The average molecular weight is 422 g/mol. The summed E-state index contributed by atoms with van der Waals surface area (Å²) < 4.78 is 7.23. The first-order valence-electron chi connectivity index (χ1n) is 9.98. The third-order valence-corrected chi connectivity index (χ3v) is 5.59. The molecule has 0 spiro atoms. The number of amides is 1. The first-order valence-corrected chi connectivity index (χ1v) is 9.98. The van der Waals surface area contributed by atoms with Crippen molar-refractivity contribution in [1.82, 2.24) is 24.4 Å². The fraction of sp³-hybridized carbons (Fsp3) is 0.318. The first-order chi connectivity index (χ1) is 14.9. The zero-order valence-corrected chi connectivity index (χ0v) is 18.0. The van der Waals surface area contributed by atoms with Crippen LogP contribution in [0.3, 0.4) is 0 Å². The minimum atomic E-state index is -0.972. The Kier molecular flexibility index (Phi) is 5.51. The minimum Gasteiger partial charge on any atom is -0.465 e. The number of carboxylic acid groups (broad SMARTS) is 1. The van der Waals surface area contributed by atoms with Crippen LogP contribution >= 0.6 is 0 Å². The van der Waals surface area contributed by atoms with Gasteiger partial charge in [-0.3, -0.25) is 0 Å². The lowest BCUT2D eigenvalue weighted by atomic mass is 10.0. The number of pyridine rings is 1. The number of ether oxygens (including phenoxy) is 1. The fourth-order valence-electron chi connectivity index (χ4n) is 3.92. The molecule has 0 aliphatic rings. The highest BCUT2D eigenvalue weighted by molar-refractivity contribution is 6.07. The number of nitrogens with zero attached hydrogens (tertiary/aromatic N) is 4. The van der Waals surface area contributed by atoms with Crippen molar-refractivity contribution in [3.8, 4) is 11.3 Å². The van der Waals surface area contributed by atoms with Crippen LogP contribution in [0.1, 0.15) is 5.56 Å². The zero-order chi connectivity index (χ0) is 22.1. The van der Waals surface area contributed by atoms with Gasteiger partial charge in [0.2, 0.25) is 0 Å². The summed E-state index contributed by atoms with van der Waals surface area (Å²) in [5, 5.41) is 13.5. The zero-order valence-electron chi connectivity index (χ0n) is 18.0. The number of H-pyrrole nitrogens is 1. The summed E-state index contributed by atoms with van der Waals surface area (Å²) >= 11 is 0. The molecular weight excluding hydrogens is 396 g/mol. The number of methoxy groups -OCH3 is 1. The van der Waals surface area contributed by atoms with E-state index in [1.54, 1.807) is 20.5 Å². The molecule has 3 heterocycles. The largest absolute Gasteiger partial charge is 0.465 e. The second-order valence-electron chi connectivity index (χ2n) is 7.62. The normalized spacial score (nSPS) is 12.4. The number of likely N-dealkylation sites (N-methyl/N-ethyl adjacent to an activating group) is 1. The van der Waals surface area contributed by atoms with Crippen LogP contribution in [0.4, 0.5) is 10.6 Å². The molecular formula is C22H26N6O3. The Hall–Kier alpha value is -3.59. The summed E-state index contributed by atoms with van der Waals surface area (Å²) in [6.07, 6.45) is 1.37. The van der Waals surface area contributed by atoms with E-state index in [0.29, 0.717) is 13.0 Å². The monoisotopic (exact) mass is 422 g/mol. The van der Waals surface area contributed by atoms with Gasteiger partial charge in [0.05, 0.1) is 24.5 Å². The molecule has 1 amide bonds. The number of hydrogen-bond acceptors (Lipinski definition) is 5. The van der Waals surface area contributed by atoms with Gasteiger partial charge in [0.1, 0.15) is 11.2 Å². The molecule has 0 aliphatic carbocycles. The molecule has 4 aromatic rings. The molecule has 9 nitrogen and oxygen atoms in total. The molecule has 1 atom stereocenters. The van der Waals surface area contributed by atoms with Crippen LogP contribution < -0.4 is 5.32 Å². The maximum atomic E-state index is 11.4. The summed E-state index contributed by atoms with van der Waals surface area (Å²) in [4.78, 5) is 25.3. The smallest absolute Gasteiger partial charge is 0.407 e. The van der Waals surface area contributed by atoms with Gasteiger partial charge in [0, 0.05) is 39.3 Å². The van der Waals surface area contributed by atoms with Gasteiger partial charge in [-0.25, -0.2) is 14.8 Å². The number of nitrogens with one attached hydrogen (secondary N) is 2. The highest BCUT2D eigenvalue weighted by Gasteiger charge is 2.20. The van der Waals surface area contributed by atoms with Gasteiger partial charge in [0.25, 0.3) is 0 Å². The van der Waals surface area contributed by atoms with Crippen LogP contribution in [0.5, 0.6) is 0 Å². The third-order valence-electron chi connectivity index (χ3n) is 5.59. The number of carbonyl (C=O) groups is 1. The molecule has 1 aromatic carbocycles. The van der Waals surface area contributed by atoms with E-state index in [4.69, 9.17) is 4.74 Å². The van der Waals surface area contributed by atoms with Crippen LogP contribution in [0.2, 0.25) is 0 Å². The lowest BCUT2D eigenvalue weighted by molar-refractivity contribution is 0.0925. The molecule has 0 fully saturated rings.